The molecule has 24 heavy (non-hydrogen) atoms. The predicted octanol–water partition coefficient (Wildman–Crippen LogP) is 0.0636. The highest BCUT2D eigenvalue weighted by molar-refractivity contribution is 4.77. The molecule has 0 aliphatic rings. The summed E-state index contributed by atoms with van der Waals surface area (Å²) in [5.41, 5.74) is -0.541. The maximum Gasteiger partial charge on any atom is 0.0773 e. The summed E-state index contributed by atoms with van der Waals surface area (Å²) in [6.45, 7) is 4.37. The molecule has 7 heteroatoms. The lowest BCUT2D eigenvalue weighted by atomic mass is 9.88. The molecule has 0 heterocycles. The Morgan fingerprint density at radius 1 is 0.833 bits per heavy atom. The molecule has 0 radical (unpaired) electrons. The zero-order chi connectivity index (χ0) is 18.4. The molecule has 7 nitrogen and oxygen atoms in total. The lowest BCUT2D eigenvalue weighted by Gasteiger charge is -2.31. The van der Waals surface area contributed by atoms with E-state index in [0.29, 0.717) is 32.1 Å². The van der Waals surface area contributed by atoms with Crippen molar-refractivity contribution in [3.05, 3.63) is 0 Å². The third-order valence-electron chi connectivity index (χ3n) is 4.28. The van der Waals surface area contributed by atoms with Gasteiger partial charge in [0.05, 0.1) is 58.0 Å². The van der Waals surface area contributed by atoms with E-state index < -0.39 is 23.7 Å². The van der Waals surface area contributed by atoms with Crippen LogP contribution in [0.15, 0.2) is 0 Å². The van der Waals surface area contributed by atoms with E-state index in [1.165, 1.54) is 0 Å². The highest BCUT2D eigenvalue weighted by atomic mass is 16.5. The molecular weight excluding hydrogens is 316 g/mol. The van der Waals surface area contributed by atoms with Gasteiger partial charge < -0.3 is 35.0 Å². The van der Waals surface area contributed by atoms with Gasteiger partial charge in [0, 0.05) is 5.41 Å². The first-order chi connectivity index (χ1) is 11.4. The Balaban J connectivity index is 4.05. The molecule has 4 atom stereocenters. The van der Waals surface area contributed by atoms with Crippen LogP contribution >= 0.6 is 0 Å². The van der Waals surface area contributed by atoms with E-state index in [-0.39, 0.29) is 39.6 Å². The van der Waals surface area contributed by atoms with E-state index in [1.54, 1.807) is 0 Å². The first-order valence-electron chi connectivity index (χ1n) is 8.84. The molecule has 5 N–H and O–H groups in total. The van der Waals surface area contributed by atoms with Crippen LogP contribution < -0.4 is 0 Å². The zero-order valence-electron chi connectivity index (χ0n) is 15.1. The van der Waals surface area contributed by atoms with Gasteiger partial charge in [0.1, 0.15) is 0 Å². The summed E-state index contributed by atoms with van der Waals surface area (Å²) in [6.07, 6.45) is 0.906. The van der Waals surface area contributed by atoms with Crippen LogP contribution in [-0.4, -0.2) is 83.5 Å². The molecule has 0 spiro atoms. The number of hydrogen-bond acceptors (Lipinski definition) is 7. The molecular formula is C17H36O7. The third kappa shape index (κ3) is 10.6. The minimum Gasteiger partial charge on any atom is -0.396 e. The summed E-state index contributed by atoms with van der Waals surface area (Å²) in [5.74, 6) is 0. The Labute approximate surface area is 145 Å². The Morgan fingerprint density at radius 2 is 1.38 bits per heavy atom. The molecule has 146 valence electrons. The van der Waals surface area contributed by atoms with Crippen LogP contribution in [0.1, 0.15) is 46.0 Å². The maximum absolute atomic E-state index is 9.86. The van der Waals surface area contributed by atoms with E-state index in [2.05, 4.69) is 0 Å². The second kappa shape index (κ2) is 13.9. The van der Waals surface area contributed by atoms with Gasteiger partial charge in [0.2, 0.25) is 0 Å². The number of rotatable bonds is 16. The van der Waals surface area contributed by atoms with Crippen LogP contribution in [0.5, 0.6) is 0 Å². The largest absolute Gasteiger partial charge is 0.396 e. The van der Waals surface area contributed by atoms with Crippen LogP contribution in [0.4, 0.5) is 0 Å². The molecule has 0 aromatic carbocycles. The van der Waals surface area contributed by atoms with Gasteiger partial charge in [0.25, 0.3) is 0 Å². The molecule has 0 aromatic heterocycles. The van der Waals surface area contributed by atoms with Crippen LogP contribution in [0.2, 0.25) is 0 Å². The normalized spacial score (nSPS) is 18.1. The smallest absolute Gasteiger partial charge is 0.0773 e. The summed E-state index contributed by atoms with van der Waals surface area (Å²) in [4.78, 5) is 0. The molecule has 0 aromatic rings. The second-order valence-electron chi connectivity index (χ2n) is 6.53. The number of aliphatic hydroxyl groups excluding tert-OH is 5. The average molecular weight is 352 g/mol. The standard InChI is InChI=1S/C17H36O7/c1-3-14(20)9-23-12-17(4-2,11-19)13-24-10-16(22)7-5-6-15(21)8-18/h14-16,18-22H,3-13H2,1-2H3. The van der Waals surface area contributed by atoms with E-state index in [1.807, 2.05) is 13.8 Å². The van der Waals surface area contributed by atoms with Crippen molar-refractivity contribution in [3.8, 4) is 0 Å². The van der Waals surface area contributed by atoms with Crippen LogP contribution in [0, 0.1) is 5.41 Å². The van der Waals surface area contributed by atoms with Gasteiger partial charge in [-0.25, -0.2) is 0 Å². The Hall–Kier alpha value is -0.280. The van der Waals surface area contributed by atoms with Crippen LogP contribution in [0.25, 0.3) is 0 Å². The van der Waals surface area contributed by atoms with Crippen molar-refractivity contribution >= 4 is 0 Å². The average Bonchev–Trinajstić information content (AvgIpc) is 2.59. The minimum absolute atomic E-state index is 0.0928. The Bertz CT molecular complexity index is 284. The molecule has 0 bridgehead atoms. The minimum atomic E-state index is -0.740. The molecule has 0 fully saturated rings. The van der Waals surface area contributed by atoms with Crippen LogP contribution in [-0.2, 0) is 9.47 Å². The van der Waals surface area contributed by atoms with Gasteiger partial charge in [-0.05, 0) is 32.1 Å². The Kier molecular flexibility index (Phi) is 13.8. The molecule has 0 amide bonds. The van der Waals surface area contributed by atoms with Gasteiger partial charge in [-0.2, -0.15) is 0 Å². The quantitative estimate of drug-likeness (QED) is 0.266. The van der Waals surface area contributed by atoms with Gasteiger partial charge in [0.15, 0.2) is 0 Å². The summed E-state index contributed by atoms with van der Waals surface area (Å²) >= 11 is 0. The maximum atomic E-state index is 9.86. The fourth-order valence-corrected chi connectivity index (χ4v) is 2.15. The van der Waals surface area contributed by atoms with E-state index >= 15 is 0 Å². The molecule has 0 saturated heterocycles. The molecule has 0 rings (SSSR count). The lowest BCUT2D eigenvalue weighted by Crippen LogP contribution is -2.37. The fourth-order valence-electron chi connectivity index (χ4n) is 2.15. The van der Waals surface area contributed by atoms with Crippen molar-refractivity contribution in [1.82, 2.24) is 0 Å². The second-order valence-corrected chi connectivity index (χ2v) is 6.53. The monoisotopic (exact) mass is 352 g/mol. The van der Waals surface area contributed by atoms with Crippen molar-refractivity contribution in [3.63, 3.8) is 0 Å². The zero-order valence-corrected chi connectivity index (χ0v) is 15.1. The SMILES string of the molecule is CCC(O)COCC(CC)(CO)COCC(O)CCCC(O)CO. The molecule has 0 aliphatic heterocycles. The first-order valence-corrected chi connectivity index (χ1v) is 8.84. The van der Waals surface area contributed by atoms with Gasteiger partial charge in [-0.15, -0.1) is 0 Å². The lowest BCUT2D eigenvalue weighted by molar-refractivity contribution is -0.0806. The van der Waals surface area contributed by atoms with Crippen molar-refractivity contribution in [1.29, 1.82) is 0 Å². The summed E-state index contributed by atoms with van der Waals surface area (Å²) in [7, 11) is 0. The van der Waals surface area contributed by atoms with Gasteiger partial charge >= 0.3 is 0 Å². The van der Waals surface area contributed by atoms with Crippen molar-refractivity contribution in [2.45, 2.75) is 64.3 Å². The molecule has 4 unspecified atom stereocenters. The summed E-state index contributed by atoms with van der Waals surface area (Å²) in [5, 5.41) is 47.0. The first kappa shape index (κ1) is 23.7. The van der Waals surface area contributed by atoms with Crippen molar-refractivity contribution < 1.29 is 35.0 Å². The number of ether oxygens (including phenoxy) is 2. The predicted molar refractivity (Wildman–Crippen MR) is 90.7 cm³/mol. The topological polar surface area (TPSA) is 120 Å². The fraction of sp³-hybridized carbons (Fsp3) is 1.00. The van der Waals surface area contributed by atoms with Crippen molar-refractivity contribution in [2.24, 2.45) is 5.41 Å². The van der Waals surface area contributed by atoms with Gasteiger partial charge in [-0.1, -0.05) is 13.8 Å². The van der Waals surface area contributed by atoms with Crippen LogP contribution in [0.3, 0.4) is 0 Å². The summed E-state index contributed by atoms with van der Waals surface area (Å²) in [6, 6.07) is 0. The highest BCUT2D eigenvalue weighted by Crippen LogP contribution is 2.23. The van der Waals surface area contributed by atoms with E-state index in [0.717, 1.165) is 0 Å². The number of hydrogen-bond donors (Lipinski definition) is 5. The Morgan fingerprint density at radius 3 is 1.83 bits per heavy atom. The molecule has 0 aliphatic carbocycles. The van der Waals surface area contributed by atoms with E-state index in [4.69, 9.17) is 14.6 Å². The van der Waals surface area contributed by atoms with Gasteiger partial charge in [-0.3, -0.25) is 0 Å². The third-order valence-corrected chi connectivity index (χ3v) is 4.28. The summed E-state index contributed by atoms with van der Waals surface area (Å²) < 4.78 is 11.0. The molecule has 0 saturated carbocycles. The highest BCUT2D eigenvalue weighted by Gasteiger charge is 2.29. The van der Waals surface area contributed by atoms with E-state index in [9.17, 15) is 20.4 Å². The van der Waals surface area contributed by atoms with Crippen molar-refractivity contribution in [2.75, 3.05) is 39.6 Å². The number of aliphatic hydroxyl groups is 5.